The highest BCUT2D eigenvalue weighted by Crippen LogP contribution is 2.13. The third kappa shape index (κ3) is 10.1. The van der Waals surface area contributed by atoms with Crippen molar-refractivity contribution in [2.45, 2.75) is 64.8 Å². The highest BCUT2D eigenvalue weighted by atomic mass is 32.1. The number of thiocarbonyl (C=S) groups is 1. The molecule has 4 nitrogen and oxygen atoms in total. The summed E-state index contributed by atoms with van der Waals surface area (Å²) in [6.07, 6.45) is 18.5. The van der Waals surface area contributed by atoms with E-state index in [9.17, 15) is 9.59 Å². The lowest BCUT2D eigenvalue weighted by Crippen LogP contribution is -2.35. The summed E-state index contributed by atoms with van der Waals surface area (Å²) in [6, 6.07) is -0.110. The lowest BCUT2D eigenvalue weighted by atomic mass is 10.1. The monoisotopic (exact) mass is 374 g/mol. The van der Waals surface area contributed by atoms with Crippen molar-refractivity contribution in [1.29, 1.82) is 0 Å². The van der Waals surface area contributed by atoms with Gasteiger partial charge in [-0.3, -0.25) is 9.59 Å². The van der Waals surface area contributed by atoms with E-state index in [2.05, 4.69) is 22.8 Å². The Morgan fingerprint density at radius 2 is 2.04 bits per heavy atom. The molecule has 1 atom stereocenters. The van der Waals surface area contributed by atoms with Crippen LogP contribution in [0.1, 0.15) is 58.8 Å². The van der Waals surface area contributed by atoms with Crippen LogP contribution in [0.25, 0.3) is 0 Å². The summed E-state index contributed by atoms with van der Waals surface area (Å²) in [5.41, 5.74) is 1.34. The van der Waals surface area contributed by atoms with Crippen molar-refractivity contribution in [3.05, 3.63) is 48.2 Å². The molecule has 0 spiro atoms. The number of amides is 1. The number of hydrogen-bond donors (Lipinski definition) is 2. The second kappa shape index (κ2) is 13.2. The summed E-state index contributed by atoms with van der Waals surface area (Å²) in [6.45, 7) is 3.95. The van der Waals surface area contributed by atoms with E-state index in [-0.39, 0.29) is 17.7 Å². The molecule has 0 aromatic heterocycles. The first-order valence-corrected chi connectivity index (χ1v) is 9.75. The molecule has 142 valence electrons. The molecule has 0 aromatic carbocycles. The molecule has 1 aliphatic rings. The highest BCUT2D eigenvalue weighted by Gasteiger charge is 2.12. The van der Waals surface area contributed by atoms with E-state index >= 15 is 0 Å². The van der Waals surface area contributed by atoms with E-state index in [1.165, 1.54) is 11.6 Å². The molecule has 0 aliphatic heterocycles. The molecule has 1 rings (SSSR count). The van der Waals surface area contributed by atoms with Crippen LogP contribution >= 0.6 is 12.2 Å². The van der Waals surface area contributed by atoms with Gasteiger partial charge in [-0.2, -0.15) is 0 Å². The third-order valence-electron chi connectivity index (χ3n) is 4.06. The molecule has 0 aromatic rings. The first-order valence-electron chi connectivity index (χ1n) is 9.34. The van der Waals surface area contributed by atoms with Crippen LogP contribution in [0.15, 0.2) is 48.2 Å². The Bertz CT molecular complexity index is 603. The normalized spacial score (nSPS) is 14.6. The standard InChI is InChI=1S/C21H30N2O2S/c1-3-9-19(24)16-18(4-2)23-20(25)14-15-22-21(26)13-12-17-10-7-5-6-8-11-17/h5-8,10,14-15,18H,3-4,9,11-13,16H2,1-2H3,(H,22,26)(H,23,25)/b15-14+. The van der Waals surface area contributed by atoms with Crippen LogP contribution in [0.3, 0.4) is 0 Å². The van der Waals surface area contributed by atoms with E-state index in [4.69, 9.17) is 12.2 Å². The molecule has 1 unspecified atom stereocenters. The maximum absolute atomic E-state index is 12.0. The van der Waals surface area contributed by atoms with Gasteiger partial charge in [-0.15, -0.1) is 0 Å². The zero-order valence-electron chi connectivity index (χ0n) is 15.8. The van der Waals surface area contributed by atoms with Crippen molar-refractivity contribution in [3.63, 3.8) is 0 Å². The van der Waals surface area contributed by atoms with Gasteiger partial charge in [0, 0.05) is 37.6 Å². The van der Waals surface area contributed by atoms with Gasteiger partial charge in [0.1, 0.15) is 5.78 Å². The van der Waals surface area contributed by atoms with E-state index in [1.807, 2.05) is 32.1 Å². The molecule has 0 saturated carbocycles. The molecular formula is C21H30N2O2S. The van der Waals surface area contributed by atoms with Gasteiger partial charge in [0.15, 0.2) is 0 Å². The van der Waals surface area contributed by atoms with Crippen LogP contribution in [0.2, 0.25) is 0 Å². The van der Waals surface area contributed by atoms with Crippen molar-refractivity contribution in [1.82, 2.24) is 10.6 Å². The Labute approximate surface area is 162 Å². The quantitative estimate of drug-likeness (QED) is 0.418. The number of ketones is 1. The van der Waals surface area contributed by atoms with Crippen LogP contribution in [-0.4, -0.2) is 22.7 Å². The van der Waals surface area contributed by atoms with Gasteiger partial charge < -0.3 is 10.6 Å². The minimum absolute atomic E-state index is 0.110. The van der Waals surface area contributed by atoms with Gasteiger partial charge in [-0.25, -0.2) is 0 Å². The molecular weight excluding hydrogens is 344 g/mol. The smallest absolute Gasteiger partial charge is 0.245 e. The van der Waals surface area contributed by atoms with Crippen molar-refractivity contribution >= 4 is 28.9 Å². The van der Waals surface area contributed by atoms with Crippen LogP contribution < -0.4 is 10.6 Å². The van der Waals surface area contributed by atoms with Crippen molar-refractivity contribution in [3.8, 4) is 0 Å². The SMILES string of the molecule is CCCC(=O)CC(CC)NC(=O)/C=C/NC(=S)CCC1=CC=CC=CC1. The van der Waals surface area contributed by atoms with Crippen LogP contribution in [0.5, 0.6) is 0 Å². The zero-order valence-corrected chi connectivity index (χ0v) is 16.6. The van der Waals surface area contributed by atoms with Gasteiger partial charge in [0.2, 0.25) is 5.91 Å². The van der Waals surface area contributed by atoms with Crippen LogP contribution in [-0.2, 0) is 9.59 Å². The Kier molecular flexibility index (Phi) is 11.2. The summed E-state index contributed by atoms with van der Waals surface area (Å²) in [5.74, 6) is -0.0151. The third-order valence-corrected chi connectivity index (χ3v) is 4.39. The Morgan fingerprint density at radius 1 is 1.23 bits per heavy atom. The molecule has 0 saturated heterocycles. The topological polar surface area (TPSA) is 58.2 Å². The molecule has 0 radical (unpaired) electrons. The second-order valence-electron chi connectivity index (χ2n) is 6.35. The summed E-state index contributed by atoms with van der Waals surface area (Å²) >= 11 is 5.30. The fourth-order valence-electron chi connectivity index (χ4n) is 2.57. The Balaban J connectivity index is 2.30. The first kappa shape index (κ1) is 22.0. The van der Waals surface area contributed by atoms with Crippen molar-refractivity contribution < 1.29 is 9.59 Å². The number of allylic oxidation sites excluding steroid dienone is 6. The largest absolute Gasteiger partial charge is 0.356 e. The zero-order chi connectivity index (χ0) is 19.2. The fourth-order valence-corrected chi connectivity index (χ4v) is 2.74. The maximum Gasteiger partial charge on any atom is 0.245 e. The molecule has 26 heavy (non-hydrogen) atoms. The predicted molar refractivity (Wildman–Crippen MR) is 112 cm³/mol. The Hall–Kier alpha value is -2.01. The number of carbonyl (C=O) groups is 2. The number of Topliss-reactive ketones (excluding diaryl/α,β-unsaturated/α-hetero) is 1. The summed E-state index contributed by atoms with van der Waals surface area (Å²) < 4.78 is 0. The van der Waals surface area contributed by atoms with Gasteiger partial charge >= 0.3 is 0 Å². The Morgan fingerprint density at radius 3 is 2.77 bits per heavy atom. The molecule has 1 aliphatic carbocycles. The van der Waals surface area contributed by atoms with Gasteiger partial charge in [-0.1, -0.05) is 62.0 Å². The molecule has 0 fully saturated rings. The minimum atomic E-state index is -0.210. The van der Waals surface area contributed by atoms with E-state index < -0.39 is 0 Å². The second-order valence-corrected chi connectivity index (χ2v) is 6.84. The lowest BCUT2D eigenvalue weighted by Gasteiger charge is -2.14. The van der Waals surface area contributed by atoms with Gasteiger partial charge in [-0.05, 0) is 25.7 Å². The fraction of sp³-hybridized carbons (Fsp3) is 0.476. The number of carbonyl (C=O) groups excluding carboxylic acids is 2. The van der Waals surface area contributed by atoms with Crippen molar-refractivity contribution in [2.24, 2.45) is 0 Å². The first-order chi connectivity index (χ1) is 12.5. The summed E-state index contributed by atoms with van der Waals surface area (Å²) in [7, 11) is 0. The number of rotatable bonds is 11. The average Bonchev–Trinajstić information content (AvgIpc) is 2.88. The van der Waals surface area contributed by atoms with E-state index in [1.54, 1.807) is 6.20 Å². The highest BCUT2D eigenvalue weighted by molar-refractivity contribution is 7.80. The maximum atomic E-state index is 12.0. The average molecular weight is 375 g/mol. The number of hydrogen-bond acceptors (Lipinski definition) is 3. The van der Waals surface area contributed by atoms with E-state index in [0.29, 0.717) is 17.8 Å². The van der Waals surface area contributed by atoms with Crippen LogP contribution in [0, 0.1) is 0 Å². The van der Waals surface area contributed by atoms with Crippen molar-refractivity contribution in [2.75, 3.05) is 0 Å². The minimum Gasteiger partial charge on any atom is -0.356 e. The molecule has 0 heterocycles. The molecule has 1 amide bonds. The molecule has 2 N–H and O–H groups in total. The molecule has 5 heteroatoms. The van der Waals surface area contributed by atoms with Gasteiger partial charge in [0.05, 0.1) is 4.99 Å². The summed E-state index contributed by atoms with van der Waals surface area (Å²) in [4.78, 5) is 24.4. The van der Waals surface area contributed by atoms with Crippen LogP contribution in [0.4, 0.5) is 0 Å². The molecule has 0 bridgehead atoms. The predicted octanol–water partition coefficient (Wildman–Crippen LogP) is 4.29. The summed E-state index contributed by atoms with van der Waals surface area (Å²) in [5, 5.41) is 5.85. The number of nitrogens with one attached hydrogen (secondary N) is 2. The van der Waals surface area contributed by atoms with E-state index in [0.717, 1.165) is 32.1 Å². The van der Waals surface area contributed by atoms with Gasteiger partial charge in [0.25, 0.3) is 0 Å². The lowest BCUT2D eigenvalue weighted by molar-refractivity contribution is -0.120.